The number of hydrogen-bond donors (Lipinski definition) is 0. The third-order valence-corrected chi connectivity index (χ3v) is 9.88. The number of hydrogen-bond acceptors (Lipinski definition) is 4. The van der Waals surface area contributed by atoms with Crippen molar-refractivity contribution in [3.05, 3.63) is 158 Å². The molecule has 3 aliphatic rings. The Hall–Kier alpha value is -6.52. The summed E-state index contributed by atoms with van der Waals surface area (Å²) in [6.45, 7) is 0. The van der Waals surface area contributed by atoms with Crippen molar-refractivity contribution in [2.45, 2.75) is 0 Å². The molecule has 0 fully saturated rings. The monoisotopic (exact) mass is 614 g/mol. The average molecular weight is 615 g/mol. The first-order valence-corrected chi connectivity index (χ1v) is 16.3. The van der Waals surface area contributed by atoms with Crippen molar-refractivity contribution < 1.29 is 9.47 Å². The summed E-state index contributed by atoms with van der Waals surface area (Å²) in [5.41, 5.74) is 11.6. The van der Waals surface area contributed by atoms with Crippen LogP contribution in [0.15, 0.2) is 158 Å². The van der Waals surface area contributed by atoms with E-state index in [0.29, 0.717) is 0 Å². The summed E-state index contributed by atoms with van der Waals surface area (Å²) < 4.78 is 12.5. The summed E-state index contributed by atoms with van der Waals surface area (Å²) in [5.74, 6) is 3.44. The molecule has 4 nitrogen and oxygen atoms in total. The van der Waals surface area contributed by atoms with E-state index in [1.165, 1.54) is 43.8 Å². The molecule has 48 heavy (non-hydrogen) atoms. The third-order valence-electron chi connectivity index (χ3n) is 9.88. The van der Waals surface area contributed by atoms with Gasteiger partial charge in [-0.15, -0.1) is 0 Å². The molecule has 8 aromatic carbocycles. The molecule has 0 radical (unpaired) electrons. The fraction of sp³-hybridized carbons (Fsp3) is 0. The minimum Gasteiger partial charge on any atom is -0.453 e. The average Bonchev–Trinajstić information content (AvgIpc) is 3.14. The van der Waals surface area contributed by atoms with Crippen LogP contribution in [-0.4, -0.2) is 0 Å². The van der Waals surface area contributed by atoms with E-state index in [1.54, 1.807) is 0 Å². The summed E-state index contributed by atoms with van der Waals surface area (Å²) >= 11 is 0. The smallest absolute Gasteiger partial charge is 0.151 e. The van der Waals surface area contributed by atoms with Crippen LogP contribution in [0.4, 0.5) is 34.1 Å². The van der Waals surface area contributed by atoms with Crippen LogP contribution in [0.2, 0.25) is 0 Å². The maximum atomic E-state index is 6.27. The number of anilines is 6. The van der Waals surface area contributed by atoms with Crippen molar-refractivity contribution in [2.24, 2.45) is 0 Å². The van der Waals surface area contributed by atoms with E-state index in [1.807, 2.05) is 48.5 Å². The second kappa shape index (κ2) is 9.50. The van der Waals surface area contributed by atoms with Gasteiger partial charge in [-0.3, -0.25) is 0 Å². The van der Waals surface area contributed by atoms with Crippen molar-refractivity contribution in [1.82, 2.24) is 0 Å². The zero-order valence-electron chi connectivity index (χ0n) is 25.7. The van der Waals surface area contributed by atoms with Crippen LogP contribution in [-0.2, 0) is 0 Å². The van der Waals surface area contributed by atoms with E-state index < -0.39 is 0 Å². The molecular weight excluding hydrogens is 588 g/mol. The second-order valence-corrected chi connectivity index (χ2v) is 12.6. The van der Waals surface area contributed by atoms with Gasteiger partial charge in [0.1, 0.15) is 0 Å². The molecule has 0 bridgehead atoms. The van der Waals surface area contributed by atoms with Crippen molar-refractivity contribution in [2.75, 3.05) is 9.80 Å². The quantitative estimate of drug-likeness (QED) is 0.193. The number of rotatable bonds is 2. The summed E-state index contributed by atoms with van der Waals surface area (Å²) in [4.78, 5) is 4.61. The van der Waals surface area contributed by atoms with Crippen LogP contribution in [0.1, 0.15) is 0 Å². The van der Waals surface area contributed by atoms with Gasteiger partial charge in [-0.25, -0.2) is 0 Å². The lowest BCUT2D eigenvalue weighted by Crippen LogP contribution is -2.15. The van der Waals surface area contributed by atoms with Gasteiger partial charge in [0.25, 0.3) is 0 Å². The van der Waals surface area contributed by atoms with E-state index >= 15 is 0 Å². The largest absolute Gasteiger partial charge is 0.453 e. The lowest BCUT2D eigenvalue weighted by molar-refractivity contribution is 0.477. The molecule has 4 heteroatoms. The Balaban J connectivity index is 1.02. The lowest BCUT2D eigenvalue weighted by atomic mass is 9.78. The van der Waals surface area contributed by atoms with Gasteiger partial charge < -0.3 is 19.3 Å². The van der Waals surface area contributed by atoms with Crippen molar-refractivity contribution in [3.8, 4) is 45.3 Å². The maximum Gasteiger partial charge on any atom is 0.151 e. The number of benzene rings is 8. The molecule has 2 aliphatic heterocycles. The Morgan fingerprint density at radius 3 is 0.958 bits per heavy atom. The molecule has 0 N–H and O–H groups in total. The molecule has 0 saturated heterocycles. The van der Waals surface area contributed by atoms with Crippen LogP contribution in [0.5, 0.6) is 23.0 Å². The van der Waals surface area contributed by atoms with Gasteiger partial charge in [-0.1, -0.05) is 60.7 Å². The van der Waals surface area contributed by atoms with Crippen LogP contribution in [0.3, 0.4) is 0 Å². The van der Waals surface area contributed by atoms with Gasteiger partial charge in [-0.2, -0.15) is 0 Å². The zero-order chi connectivity index (χ0) is 31.3. The van der Waals surface area contributed by atoms with Crippen LogP contribution in [0, 0.1) is 0 Å². The van der Waals surface area contributed by atoms with Crippen LogP contribution in [0.25, 0.3) is 43.8 Å². The van der Waals surface area contributed by atoms with Gasteiger partial charge in [0.15, 0.2) is 23.0 Å². The number of ether oxygens (including phenoxy) is 2. The van der Waals surface area contributed by atoms with Gasteiger partial charge in [-0.05, 0) is 141 Å². The Bertz CT molecular complexity index is 2380. The van der Waals surface area contributed by atoms with E-state index in [4.69, 9.17) is 9.47 Å². The highest BCUT2D eigenvalue weighted by Crippen LogP contribution is 2.54. The highest BCUT2D eigenvalue weighted by atomic mass is 16.5. The number of fused-ring (bicyclic) bond motifs is 10. The fourth-order valence-electron chi connectivity index (χ4n) is 7.64. The van der Waals surface area contributed by atoms with Crippen LogP contribution >= 0.6 is 0 Å². The molecule has 1 aliphatic carbocycles. The number of nitrogens with zero attached hydrogens (tertiary/aromatic N) is 2. The summed E-state index contributed by atoms with van der Waals surface area (Å²) in [6, 6.07) is 55.9. The molecule has 0 unspecified atom stereocenters. The predicted molar refractivity (Wildman–Crippen MR) is 195 cm³/mol. The third kappa shape index (κ3) is 3.60. The standard InChI is InChI=1S/C44H26N2O2/c1-5-13-41-37(9-1)45(38-10-2-6-14-42(38)47-41)31-19-17-27-23-33-34-24-28-18-20-32(22-30(28)26-36(34)35(33)25-29(27)21-31)46-39-11-3-7-15-43(39)48-44-16-8-4-12-40(44)46/h1-26H. The first-order chi connectivity index (χ1) is 23.8. The Morgan fingerprint density at radius 2 is 0.604 bits per heavy atom. The molecule has 0 aromatic heterocycles. The topological polar surface area (TPSA) is 24.9 Å². The lowest BCUT2D eigenvalue weighted by Gasteiger charge is -2.33. The summed E-state index contributed by atoms with van der Waals surface area (Å²) in [6.07, 6.45) is 0. The van der Waals surface area contributed by atoms with Crippen molar-refractivity contribution in [1.29, 1.82) is 0 Å². The van der Waals surface area contributed by atoms with Gasteiger partial charge in [0, 0.05) is 11.4 Å². The number of para-hydroxylation sites is 8. The van der Waals surface area contributed by atoms with E-state index in [0.717, 1.165) is 57.1 Å². The summed E-state index contributed by atoms with van der Waals surface area (Å²) in [7, 11) is 0. The van der Waals surface area contributed by atoms with Gasteiger partial charge in [0.05, 0.1) is 22.7 Å². The van der Waals surface area contributed by atoms with Crippen molar-refractivity contribution in [3.63, 3.8) is 0 Å². The SMILES string of the molecule is c1ccc2c(c1)Oc1ccccc1N2c1ccc2cc3c(cc2c1)-c1cc2cc(N4c5ccccc5Oc5ccccc54)ccc2cc1-3. The Morgan fingerprint density at radius 1 is 0.292 bits per heavy atom. The maximum absolute atomic E-state index is 6.27. The van der Waals surface area contributed by atoms with Crippen LogP contribution < -0.4 is 19.3 Å². The molecule has 224 valence electrons. The molecular formula is C44H26N2O2. The molecule has 0 saturated carbocycles. The molecule has 0 spiro atoms. The highest BCUT2D eigenvalue weighted by molar-refractivity contribution is 6.12. The van der Waals surface area contributed by atoms with Gasteiger partial charge in [0.2, 0.25) is 0 Å². The first-order valence-electron chi connectivity index (χ1n) is 16.3. The molecule has 0 atom stereocenters. The first kappa shape index (κ1) is 25.6. The Labute approximate surface area is 277 Å². The zero-order valence-corrected chi connectivity index (χ0v) is 25.7. The highest BCUT2D eigenvalue weighted by Gasteiger charge is 2.29. The van der Waals surface area contributed by atoms with E-state index in [-0.39, 0.29) is 0 Å². The molecule has 8 aromatic rings. The molecule has 2 heterocycles. The summed E-state index contributed by atoms with van der Waals surface area (Å²) in [5, 5.41) is 4.90. The predicted octanol–water partition coefficient (Wildman–Crippen LogP) is 12.8. The van der Waals surface area contributed by atoms with Gasteiger partial charge >= 0.3 is 0 Å². The Kier molecular flexibility index (Phi) is 5.08. The van der Waals surface area contributed by atoms with Crippen molar-refractivity contribution >= 4 is 55.7 Å². The van der Waals surface area contributed by atoms with E-state index in [2.05, 4.69) is 119 Å². The second-order valence-electron chi connectivity index (χ2n) is 12.6. The fourth-order valence-corrected chi connectivity index (χ4v) is 7.64. The molecule has 11 rings (SSSR count). The minimum absolute atomic E-state index is 0.859. The minimum atomic E-state index is 0.859. The molecule has 0 amide bonds. The normalized spacial score (nSPS) is 13.2. The van der Waals surface area contributed by atoms with E-state index in [9.17, 15) is 0 Å².